The summed E-state index contributed by atoms with van der Waals surface area (Å²) in [5, 5.41) is 16.7. The van der Waals surface area contributed by atoms with Gasteiger partial charge in [0, 0.05) is 19.8 Å². The topological polar surface area (TPSA) is 102 Å². The number of carboxylic acids is 2. The third-order valence-corrected chi connectivity index (χ3v) is 3.95. The van der Waals surface area contributed by atoms with E-state index >= 15 is 0 Å². The lowest BCUT2D eigenvalue weighted by molar-refractivity contribution is -0.148. The summed E-state index contributed by atoms with van der Waals surface area (Å²) in [5.74, 6) is -3.03. The molecule has 0 rings (SSSR count). The van der Waals surface area contributed by atoms with Gasteiger partial charge in [-0.15, -0.1) is 6.58 Å². The summed E-state index contributed by atoms with van der Waals surface area (Å²) in [6.45, 7) is 11.2. The van der Waals surface area contributed by atoms with E-state index in [0.29, 0.717) is 19.8 Å². The van der Waals surface area contributed by atoms with Gasteiger partial charge in [-0.25, -0.2) is 0 Å². The van der Waals surface area contributed by atoms with Crippen LogP contribution in [0.2, 0.25) is 0 Å². The molecule has 0 saturated carbocycles. The summed E-state index contributed by atoms with van der Waals surface area (Å²) in [6.07, 6.45) is 1.25. The Kier molecular flexibility index (Phi) is 15.9. The van der Waals surface area contributed by atoms with Crippen LogP contribution in [0.3, 0.4) is 0 Å². The van der Waals surface area contributed by atoms with E-state index in [2.05, 4.69) is 6.58 Å². The highest BCUT2D eigenvalue weighted by atomic mass is 28.3. The number of aliphatic carboxylic acids is 2. The molecular weight excluding hydrogens is 296 g/mol. The standard InChI is InChI=1S/C7H10O4.C6H16O3Si/c1-2-3-5(7(10)11)4-6(8)9;1-4-7-10(8-5-2)9-6-3/h2,5H,1,3-4H2,(H,8,9)(H,10,11);10H,4-6H2,1-3H3. The molecule has 2 N–H and O–H groups in total. The molecule has 8 heteroatoms. The highest BCUT2D eigenvalue weighted by Crippen LogP contribution is 2.08. The van der Waals surface area contributed by atoms with E-state index in [1.165, 1.54) is 6.08 Å². The molecule has 124 valence electrons. The van der Waals surface area contributed by atoms with Gasteiger partial charge in [-0.3, -0.25) is 9.59 Å². The number of allylic oxidation sites excluding steroid dienone is 1. The van der Waals surface area contributed by atoms with Crippen molar-refractivity contribution in [2.75, 3.05) is 19.8 Å². The summed E-state index contributed by atoms with van der Waals surface area (Å²) in [7, 11) is -1.73. The average Bonchev–Trinajstić information content (AvgIpc) is 2.39. The van der Waals surface area contributed by atoms with E-state index < -0.39 is 27.4 Å². The zero-order chi connectivity index (χ0) is 16.7. The second kappa shape index (κ2) is 15.2. The minimum Gasteiger partial charge on any atom is -0.481 e. The quantitative estimate of drug-likeness (QED) is 0.439. The largest absolute Gasteiger partial charge is 0.484 e. The van der Waals surface area contributed by atoms with Gasteiger partial charge >= 0.3 is 21.5 Å². The van der Waals surface area contributed by atoms with Crippen LogP contribution in [0.25, 0.3) is 0 Å². The number of hydrogen-bond acceptors (Lipinski definition) is 5. The first-order valence-corrected chi connectivity index (χ1v) is 8.24. The van der Waals surface area contributed by atoms with Gasteiger partial charge in [0.2, 0.25) is 0 Å². The molecule has 0 bridgehead atoms. The first-order chi connectivity index (χ1) is 9.92. The van der Waals surface area contributed by atoms with Crippen molar-refractivity contribution >= 4 is 21.5 Å². The highest BCUT2D eigenvalue weighted by Gasteiger charge is 2.18. The average molecular weight is 322 g/mol. The van der Waals surface area contributed by atoms with Crippen LogP contribution in [0.15, 0.2) is 12.7 Å². The molecule has 0 radical (unpaired) electrons. The molecule has 0 aromatic rings. The van der Waals surface area contributed by atoms with E-state index in [4.69, 9.17) is 23.5 Å². The molecule has 0 spiro atoms. The number of rotatable bonds is 11. The van der Waals surface area contributed by atoms with Crippen molar-refractivity contribution < 1.29 is 33.1 Å². The molecule has 0 aliphatic rings. The maximum Gasteiger partial charge on any atom is 0.484 e. The highest BCUT2D eigenvalue weighted by molar-refractivity contribution is 6.36. The predicted octanol–water partition coefficient (Wildman–Crippen LogP) is 1.55. The maximum atomic E-state index is 10.3. The van der Waals surface area contributed by atoms with Crippen LogP contribution in [-0.4, -0.2) is 51.5 Å². The lowest BCUT2D eigenvalue weighted by atomic mass is 10.0. The zero-order valence-corrected chi connectivity index (χ0v) is 14.1. The first-order valence-electron chi connectivity index (χ1n) is 6.83. The van der Waals surface area contributed by atoms with Crippen LogP contribution in [0.1, 0.15) is 33.6 Å². The number of hydrogen-bond donors (Lipinski definition) is 2. The smallest absolute Gasteiger partial charge is 0.481 e. The minimum atomic E-state index is -1.73. The maximum absolute atomic E-state index is 10.3. The second-order valence-electron chi connectivity index (χ2n) is 3.81. The van der Waals surface area contributed by atoms with Gasteiger partial charge in [-0.1, -0.05) is 6.08 Å². The van der Waals surface area contributed by atoms with Crippen LogP contribution in [-0.2, 0) is 22.9 Å². The Labute approximate surface area is 127 Å². The van der Waals surface area contributed by atoms with Gasteiger partial charge < -0.3 is 23.5 Å². The summed E-state index contributed by atoms with van der Waals surface area (Å²) < 4.78 is 15.7. The molecule has 7 nitrogen and oxygen atoms in total. The fourth-order valence-corrected chi connectivity index (χ4v) is 2.34. The minimum absolute atomic E-state index is 0.196. The molecule has 0 aliphatic carbocycles. The molecule has 0 saturated heterocycles. The monoisotopic (exact) mass is 322 g/mol. The summed E-state index contributed by atoms with van der Waals surface area (Å²) in [5.41, 5.74) is 0. The van der Waals surface area contributed by atoms with Gasteiger partial charge in [-0.2, -0.15) is 0 Å². The fraction of sp³-hybridized carbons (Fsp3) is 0.692. The Morgan fingerprint density at radius 2 is 1.52 bits per heavy atom. The van der Waals surface area contributed by atoms with E-state index in [9.17, 15) is 9.59 Å². The zero-order valence-electron chi connectivity index (χ0n) is 12.9. The van der Waals surface area contributed by atoms with Crippen LogP contribution in [0.5, 0.6) is 0 Å². The molecule has 0 aromatic heterocycles. The van der Waals surface area contributed by atoms with Crippen molar-refractivity contribution in [1.29, 1.82) is 0 Å². The molecule has 21 heavy (non-hydrogen) atoms. The third kappa shape index (κ3) is 15.0. The molecule has 0 aromatic carbocycles. The molecule has 1 unspecified atom stereocenters. The predicted molar refractivity (Wildman–Crippen MR) is 80.2 cm³/mol. The van der Waals surface area contributed by atoms with Gasteiger partial charge in [0.05, 0.1) is 12.3 Å². The van der Waals surface area contributed by atoms with Gasteiger partial charge in [-0.05, 0) is 27.2 Å². The van der Waals surface area contributed by atoms with Crippen molar-refractivity contribution in [3.8, 4) is 0 Å². The van der Waals surface area contributed by atoms with E-state index in [-0.39, 0.29) is 12.8 Å². The van der Waals surface area contributed by atoms with Crippen molar-refractivity contribution in [2.45, 2.75) is 33.6 Å². The Morgan fingerprint density at radius 3 is 1.76 bits per heavy atom. The first kappa shape index (κ1) is 22.1. The molecule has 0 aliphatic heterocycles. The number of carbonyl (C=O) groups is 2. The summed E-state index contributed by atoms with van der Waals surface area (Å²) in [6, 6.07) is 0. The van der Waals surface area contributed by atoms with Gasteiger partial charge in [0.1, 0.15) is 0 Å². The van der Waals surface area contributed by atoms with Crippen molar-refractivity contribution in [3.05, 3.63) is 12.7 Å². The van der Waals surface area contributed by atoms with E-state index in [1.807, 2.05) is 20.8 Å². The van der Waals surface area contributed by atoms with Crippen molar-refractivity contribution in [2.24, 2.45) is 5.92 Å². The lowest BCUT2D eigenvalue weighted by Crippen LogP contribution is -2.27. The van der Waals surface area contributed by atoms with Gasteiger partial charge in [0.25, 0.3) is 0 Å². The van der Waals surface area contributed by atoms with E-state index in [0.717, 1.165) is 0 Å². The fourth-order valence-electron chi connectivity index (χ4n) is 1.24. The SMILES string of the molecule is C=CCC(CC(=O)O)C(=O)O.CCO[SiH](OCC)OCC. The number of carboxylic acid groups (broad SMARTS) is 2. The summed E-state index contributed by atoms with van der Waals surface area (Å²) >= 11 is 0. The molecule has 1 atom stereocenters. The van der Waals surface area contributed by atoms with E-state index in [1.54, 1.807) is 0 Å². The van der Waals surface area contributed by atoms with Crippen LogP contribution >= 0.6 is 0 Å². The van der Waals surface area contributed by atoms with Crippen molar-refractivity contribution in [1.82, 2.24) is 0 Å². The Bertz CT molecular complexity index is 282. The Balaban J connectivity index is 0. The third-order valence-electron chi connectivity index (χ3n) is 2.13. The van der Waals surface area contributed by atoms with Crippen LogP contribution in [0.4, 0.5) is 0 Å². The van der Waals surface area contributed by atoms with Crippen LogP contribution < -0.4 is 0 Å². The molecule has 0 fully saturated rings. The van der Waals surface area contributed by atoms with Crippen LogP contribution in [0, 0.1) is 5.92 Å². The molecular formula is C13H26O7Si. The normalized spacial score (nSPS) is 11.4. The van der Waals surface area contributed by atoms with Crippen molar-refractivity contribution in [3.63, 3.8) is 0 Å². The lowest BCUT2D eigenvalue weighted by Gasteiger charge is -2.12. The molecule has 0 heterocycles. The summed E-state index contributed by atoms with van der Waals surface area (Å²) in [4.78, 5) is 20.4. The Hall–Kier alpha value is -1.22. The van der Waals surface area contributed by atoms with Gasteiger partial charge in [0.15, 0.2) is 0 Å². The Morgan fingerprint density at radius 1 is 1.10 bits per heavy atom. The molecule has 0 amide bonds. The second-order valence-corrected chi connectivity index (χ2v) is 5.39.